The zero-order valence-corrected chi connectivity index (χ0v) is 15.5. The van der Waals surface area contributed by atoms with Gasteiger partial charge in [0.25, 0.3) is 0 Å². The Morgan fingerprint density at radius 2 is 1.70 bits per heavy atom. The third-order valence-electron chi connectivity index (χ3n) is 4.90. The highest BCUT2D eigenvalue weighted by atomic mass is 19.2. The number of hydrogen-bond donors (Lipinski definition) is 2. The van der Waals surface area contributed by atoms with Crippen molar-refractivity contribution >= 4 is 23.0 Å². The van der Waals surface area contributed by atoms with Crippen LogP contribution >= 0.6 is 0 Å². The summed E-state index contributed by atoms with van der Waals surface area (Å²) in [6.07, 6.45) is 2.69. The number of carbonyl (C=O) groups excluding carboxylic acids is 1. The average molecular weight is 373 g/mol. The van der Waals surface area contributed by atoms with E-state index in [1.165, 1.54) is 24.6 Å². The summed E-state index contributed by atoms with van der Waals surface area (Å²) in [4.78, 5) is 14.3. The summed E-state index contributed by atoms with van der Waals surface area (Å²) in [5, 5.41) is 5.77. The monoisotopic (exact) mass is 373 g/mol. The maximum atomic E-state index is 13.1. The van der Waals surface area contributed by atoms with Crippen LogP contribution in [0.1, 0.15) is 26.2 Å². The lowest BCUT2D eigenvalue weighted by molar-refractivity contribution is -0.115. The van der Waals surface area contributed by atoms with Crippen molar-refractivity contribution in [2.24, 2.45) is 5.92 Å². The molecule has 1 saturated heterocycles. The van der Waals surface area contributed by atoms with Gasteiger partial charge in [0.15, 0.2) is 11.6 Å². The van der Waals surface area contributed by atoms with Crippen LogP contribution in [0.3, 0.4) is 0 Å². The molecule has 2 aromatic carbocycles. The van der Waals surface area contributed by atoms with E-state index in [0.29, 0.717) is 6.54 Å². The number of carbonyl (C=O) groups is 1. The molecular weight excluding hydrogens is 348 g/mol. The molecule has 4 nitrogen and oxygen atoms in total. The lowest BCUT2D eigenvalue weighted by Crippen LogP contribution is -2.32. The molecule has 1 aliphatic heterocycles. The Bertz CT molecular complexity index is 771. The van der Waals surface area contributed by atoms with Gasteiger partial charge in [-0.2, -0.15) is 0 Å². The molecule has 0 unspecified atom stereocenters. The number of benzene rings is 2. The minimum Gasteiger partial charge on any atom is -0.385 e. The largest absolute Gasteiger partial charge is 0.385 e. The molecule has 0 atom stereocenters. The third-order valence-corrected chi connectivity index (χ3v) is 4.90. The van der Waals surface area contributed by atoms with Crippen LogP contribution in [0, 0.1) is 17.6 Å². The van der Waals surface area contributed by atoms with Gasteiger partial charge in [0, 0.05) is 49.2 Å². The smallest absolute Gasteiger partial charge is 0.226 e. The molecule has 2 aromatic rings. The van der Waals surface area contributed by atoms with Gasteiger partial charge in [-0.15, -0.1) is 0 Å². The number of anilines is 3. The quantitative estimate of drug-likeness (QED) is 0.775. The lowest BCUT2D eigenvalue weighted by Gasteiger charge is -2.32. The van der Waals surface area contributed by atoms with E-state index in [-0.39, 0.29) is 18.0 Å². The first-order chi connectivity index (χ1) is 13.0. The molecule has 0 spiro atoms. The van der Waals surface area contributed by atoms with Crippen LogP contribution < -0.4 is 15.5 Å². The minimum atomic E-state index is -0.978. The van der Waals surface area contributed by atoms with E-state index < -0.39 is 11.6 Å². The lowest BCUT2D eigenvalue weighted by atomic mass is 9.99. The summed E-state index contributed by atoms with van der Waals surface area (Å²) in [5.41, 5.74) is 2.42. The predicted molar refractivity (Wildman–Crippen MR) is 105 cm³/mol. The van der Waals surface area contributed by atoms with E-state index in [0.717, 1.165) is 36.8 Å². The Morgan fingerprint density at radius 3 is 2.37 bits per heavy atom. The number of nitrogens with one attached hydrogen (secondary N) is 2. The van der Waals surface area contributed by atoms with Gasteiger partial charge >= 0.3 is 0 Å². The van der Waals surface area contributed by atoms with Gasteiger partial charge in [0.1, 0.15) is 0 Å². The van der Waals surface area contributed by atoms with Crippen molar-refractivity contribution in [2.75, 3.05) is 35.2 Å². The van der Waals surface area contributed by atoms with Crippen LogP contribution in [0.2, 0.25) is 0 Å². The number of hydrogen-bond acceptors (Lipinski definition) is 3. The fraction of sp³-hybridized carbons (Fsp3) is 0.381. The minimum absolute atomic E-state index is 0.227. The third kappa shape index (κ3) is 5.42. The van der Waals surface area contributed by atoms with Gasteiger partial charge in [-0.05, 0) is 55.2 Å². The van der Waals surface area contributed by atoms with Crippen LogP contribution in [-0.2, 0) is 4.79 Å². The molecule has 0 saturated carbocycles. The Morgan fingerprint density at radius 1 is 1.04 bits per heavy atom. The molecule has 1 heterocycles. The molecule has 0 radical (unpaired) electrons. The van der Waals surface area contributed by atoms with Crippen molar-refractivity contribution in [2.45, 2.75) is 26.2 Å². The van der Waals surface area contributed by atoms with Gasteiger partial charge in [0.2, 0.25) is 5.91 Å². The average Bonchev–Trinajstić information content (AvgIpc) is 2.66. The zero-order valence-electron chi connectivity index (χ0n) is 15.5. The Kier molecular flexibility index (Phi) is 6.27. The molecule has 6 heteroatoms. The standard InChI is InChI=1S/C21H25F2N3O/c1-15-9-12-26(13-10-15)18-5-2-16(3-6-18)24-11-8-21(27)25-17-4-7-19(22)20(23)14-17/h2-7,14-15,24H,8-13H2,1H3,(H,25,27). The molecular formula is C21H25F2N3O. The SMILES string of the molecule is CC1CCN(c2ccc(NCCC(=O)Nc3ccc(F)c(F)c3)cc2)CC1. The number of rotatable bonds is 6. The maximum Gasteiger partial charge on any atom is 0.226 e. The highest BCUT2D eigenvalue weighted by Gasteiger charge is 2.15. The number of amides is 1. The van der Waals surface area contributed by atoms with Crippen LogP contribution in [0.5, 0.6) is 0 Å². The van der Waals surface area contributed by atoms with Gasteiger partial charge in [-0.25, -0.2) is 8.78 Å². The van der Waals surface area contributed by atoms with Gasteiger partial charge < -0.3 is 15.5 Å². The van der Waals surface area contributed by atoms with Gasteiger partial charge in [-0.3, -0.25) is 4.79 Å². The fourth-order valence-electron chi connectivity index (χ4n) is 3.17. The summed E-state index contributed by atoms with van der Waals surface area (Å²) in [5.74, 6) is -1.36. The molecule has 1 fully saturated rings. The van der Waals surface area contributed by atoms with Crippen molar-refractivity contribution in [3.63, 3.8) is 0 Å². The number of piperidine rings is 1. The Balaban J connectivity index is 1.43. The molecule has 1 aliphatic rings. The predicted octanol–water partition coefficient (Wildman–Crippen LogP) is 4.64. The molecule has 144 valence electrons. The van der Waals surface area contributed by atoms with E-state index in [9.17, 15) is 13.6 Å². The Hall–Kier alpha value is -2.63. The normalized spacial score (nSPS) is 14.9. The van der Waals surface area contributed by atoms with Gasteiger partial charge in [0.05, 0.1) is 0 Å². The first-order valence-corrected chi connectivity index (χ1v) is 9.35. The molecule has 0 aliphatic carbocycles. The fourth-order valence-corrected chi connectivity index (χ4v) is 3.17. The second-order valence-corrected chi connectivity index (χ2v) is 7.07. The van der Waals surface area contributed by atoms with Crippen LogP contribution in [0.25, 0.3) is 0 Å². The second-order valence-electron chi connectivity index (χ2n) is 7.07. The molecule has 2 N–H and O–H groups in total. The Labute approximate surface area is 158 Å². The van der Waals surface area contributed by atoms with Crippen LogP contribution in [0.15, 0.2) is 42.5 Å². The molecule has 0 aromatic heterocycles. The first-order valence-electron chi connectivity index (χ1n) is 9.35. The topological polar surface area (TPSA) is 44.4 Å². The van der Waals surface area contributed by atoms with E-state index in [1.54, 1.807) is 0 Å². The van der Waals surface area contributed by atoms with E-state index in [2.05, 4.69) is 34.6 Å². The number of nitrogens with zero attached hydrogens (tertiary/aromatic N) is 1. The molecule has 3 rings (SSSR count). The summed E-state index contributed by atoms with van der Waals surface area (Å²) < 4.78 is 26.0. The highest BCUT2D eigenvalue weighted by molar-refractivity contribution is 5.90. The number of halogens is 2. The van der Waals surface area contributed by atoms with Crippen molar-refractivity contribution in [1.82, 2.24) is 0 Å². The summed E-state index contributed by atoms with van der Waals surface area (Å²) in [6, 6.07) is 11.5. The van der Waals surface area contributed by atoms with E-state index >= 15 is 0 Å². The van der Waals surface area contributed by atoms with Crippen molar-refractivity contribution in [3.05, 3.63) is 54.1 Å². The van der Waals surface area contributed by atoms with Gasteiger partial charge in [-0.1, -0.05) is 6.92 Å². The zero-order chi connectivity index (χ0) is 19.2. The van der Waals surface area contributed by atoms with E-state index in [4.69, 9.17) is 0 Å². The highest BCUT2D eigenvalue weighted by Crippen LogP contribution is 2.24. The second kappa shape index (κ2) is 8.84. The van der Waals surface area contributed by atoms with Crippen LogP contribution in [-0.4, -0.2) is 25.5 Å². The summed E-state index contributed by atoms with van der Waals surface area (Å²) in [7, 11) is 0. The first kappa shape index (κ1) is 19.1. The van der Waals surface area contributed by atoms with Crippen molar-refractivity contribution in [3.8, 4) is 0 Å². The maximum absolute atomic E-state index is 13.1. The molecule has 27 heavy (non-hydrogen) atoms. The molecule has 0 bridgehead atoms. The van der Waals surface area contributed by atoms with Crippen molar-refractivity contribution < 1.29 is 13.6 Å². The van der Waals surface area contributed by atoms with Crippen LogP contribution in [0.4, 0.5) is 25.8 Å². The summed E-state index contributed by atoms with van der Waals surface area (Å²) >= 11 is 0. The molecule has 1 amide bonds. The summed E-state index contributed by atoms with van der Waals surface area (Å²) in [6.45, 7) is 4.94. The van der Waals surface area contributed by atoms with Crippen molar-refractivity contribution in [1.29, 1.82) is 0 Å². The van der Waals surface area contributed by atoms with E-state index in [1.807, 2.05) is 12.1 Å².